The third-order valence-electron chi connectivity index (χ3n) is 3.83. The zero-order valence-corrected chi connectivity index (χ0v) is 11.7. The third kappa shape index (κ3) is 3.54. The second-order valence-corrected chi connectivity index (χ2v) is 5.45. The number of likely N-dealkylation sites (N-methyl/N-ethyl adjacent to an activating group) is 1. The van der Waals surface area contributed by atoms with Crippen molar-refractivity contribution in [2.24, 2.45) is 12.8 Å². The minimum absolute atomic E-state index is 0.0839. The summed E-state index contributed by atoms with van der Waals surface area (Å²) in [6.45, 7) is 2.37. The number of nitrogens with zero attached hydrogens (tertiary/aromatic N) is 3. The molecule has 6 nitrogen and oxygen atoms in total. The molecule has 0 amide bonds. The maximum absolute atomic E-state index is 10.6. The lowest BCUT2D eigenvalue weighted by molar-refractivity contribution is -0.0812. The molecule has 1 unspecified atom stereocenters. The van der Waals surface area contributed by atoms with E-state index in [1.165, 1.54) is 0 Å². The molecule has 0 saturated carbocycles. The van der Waals surface area contributed by atoms with E-state index in [4.69, 9.17) is 10.5 Å². The monoisotopic (exact) mass is 268 g/mol. The molecule has 1 aliphatic rings. The van der Waals surface area contributed by atoms with Crippen molar-refractivity contribution in [3.8, 4) is 0 Å². The molecule has 1 aromatic heterocycles. The highest BCUT2D eigenvalue weighted by Crippen LogP contribution is 2.25. The Morgan fingerprint density at radius 2 is 2.26 bits per heavy atom. The van der Waals surface area contributed by atoms with E-state index >= 15 is 0 Å². The summed E-state index contributed by atoms with van der Waals surface area (Å²) in [6, 6.07) is 0.0839. The number of aryl methyl sites for hydroxylation is 1. The van der Waals surface area contributed by atoms with Gasteiger partial charge < -0.3 is 15.6 Å². The molecule has 0 bridgehead atoms. The van der Waals surface area contributed by atoms with Gasteiger partial charge in [-0.1, -0.05) is 0 Å². The Morgan fingerprint density at radius 1 is 1.58 bits per heavy atom. The summed E-state index contributed by atoms with van der Waals surface area (Å²) in [7, 11) is 3.89. The number of ether oxygens (including phenoxy) is 1. The largest absolute Gasteiger partial charge is 0.388 e. The first kappa shape index (κ1) is 14.5. The summed E-state index contributed by atoms with van der Waals surface area (Å²) in [5.74, 6) is 0. The van der Waals surface area contributed by atoms with E-state index in [-0.39, 0.29) is 6.04 Å². The van der Waals surface area contributed by atoms with Crippen LogP contribution in [0.5, 0.6) is 0 Å². The molecular formula is C13H24N4O2. The molecule has 1 atom stereocenters. The maximum atomic E-state index is 10.6. The minimum atomic E-state index is -0.664. The van der Waals surface area contributed by atoms with E-state index in [2.05, 4.69) is 10.00 Å². The molecule has 1 aliphatic heterocycles. The Bertz CT molecular complexity index is 401. The average Bonchev–Trinajstić information content (AvgIpc) is 2.77. The zero-order chi connectivity index (χ0) is 13.9. The lowest BCUT2D eigenvalue weighted by Crippen LogP contribution is -2.47. The molecule has 2 heterocycles. The molecule has 1 aromatic rings. The van der Waals surface area contributed by atoms with Crippen LogP contribution in [-0.2, 0) is 11.8 Å². The molecule has 1 fully saturated rings. The Labute approximate surface area is 114 Å². The summed E-state index contributed by atoms with van der Waals surface area (Å²) in [6.07, 6.45) is 5.17. The molecule has 3 N–H and O–H groups in total. The fourth-order valence-electron chi connectivity index (χ4n) is 2.67. The van der Waals surface area contributed by atoms with E-state index in [0.29, 0.717) is 39.1 Å². The fourth-order valence-corrected chi connectivity index (χ4v) is 2.67. The van der Waals surface area contributed by atoms with Crippen molar-refractivity contribution in [1.29, 1.82) is 0 Å². The highest BCUT2D eigenvalue weighted by atomic mass is 16.5. The molecule has 108 valence electrons. The molecule has 6 heteroatoms. The summed E-state index contributed by atoms with van der Waals surface area (Å²) in [5.41, 5.74) is 6.30. The summed E-state index contributed by atoms with van der Waals surface area (Å²) in [4.78, 5) is 2.11. The van der Waals surface area contributed by atoms with Crippen molar-refractivity contribution < 1.29 is 9.84 Å². The van der Waals surface area contributed by atoms with Crippen LogP contribution in [0.3, 0.4) is 0 Å². The first-order chi connectivity index (χ1) is 9.04. The van der Waals surface area contributed by atoms with Crippen LogP contribution in [0.2, 0.25) is 0 Å². The lowest BCUT2D eigenvalue weighted by atomic mass is 9.93. The first-order valence-corrected chi connectivity index (χ1v) is 6.73. The molecular weight excluding hydrogens is 244 g/mol. The second kappa shape index (κ2) is 6.00. The Kier molecular flexibility index (Phi) is 4.57. The van der Waals surface area contributed by atoms with Crippen LogP contribution in [0.1, 0.15) is 24.4 Å². The summed E-state index contributed by atoms with van der Waals surface area (Å²) < 4.78 is 7.08. The van der Waals surface area contributed by atoms with Crippen molar-refractivity contribution in [3.63, 3.8) is 0 Å². The van der Waals surface area contributed by atoms with Crippen molar-refractivity contribution in [2.45, 2.75) is 24.5 Å². The highest BCUT2D eigenvalue weighted by Gasteiger charge is 2.33. The van der Waals surface area contributed by atoms with Gasteiger partial charge in [0.25, 0.3) is 0 Å². The van der Waals surface area contributed by atoms with Crippen molar-refractivity contribution in [2.75, 3.05) is 33.4 Å². The Balaban J connectivity index is 2.02. The van der Waals surface area contributed by atoms with Gasteiger partial charge in [0.05, 0.1) is 11.8 Å². The number of rotatable bonds is 5. The van der Waals surface area contributed by atoms with Gasteiger partial charge in [0, 0.05) is 64.0 Å². The predicted octanol–water partition coefficient (Wildman–Crippen LogP) is -0.107. The average molecular weight is 268 g/mol. The van der Waals surface area contributed by atoms with Gasteiger partial charge in [-0.3, -0.25) is 9.58 Å². The second-order valence-electron chi connectivity index (χ2n) is 5.45. The van der Waals surface area contributed by atoms with Crippen LogP contribution in [0.15, 0.2) is 12.4 Å². The number of aliphatic hydroxyl groups is 1. The predicted molar refractivity (Wildman–Crippen MR) is 72.6 cm³/mol. The smallest absolute Gasteiger partial charge is 0.0818 e. The number of hydrogen-bond acceptors (Lipinski definition) is 5. The maximum Gasteiger partial charge on any atom is 0.0818 e. The zero-order valence-electron chi connectivity index (χ0n) is 11.7. The topological polar surface area (TPSA) is 76.5 Å². The number of nitrogens with two attached hydrogens (primary N) is 1. The van der Waals surface area contributed by atoms with Crippen LogP contribution < -0.4 is 5.73 Å². The van der Waals surface area contributed by atoms with Crippen molar-refractivity contribution in [3.05, 3.63) is 18.0 Å². The van der Waals surface area contributed by atoms with Crippen molar-refractivity contribution >= 4 is 0 Å². The summed E-state index contributed by atoms with van der Waals surface area (Å²) >= 11 is 0. The minimum Gasteiger partial charge on any atom is -0.388 e. The SMILES string of the molecule is CN(CC1(O)CCOCC1)C(CN)c1cnn(C)c1. The van der Waals surface area contributed by atoms with E-state index < -0.39 is 5.60 Å². The van der Waals surface area contributed by atoms with Crippen LogP contribution in [0, 0.1) is 0 Å². The third-order valence-corrected chi connectivity index (χ3v) is 3.83. The molecule has 0 aliphatic carbocycles. The molecule has 19 heavy (non-hydrogen) atoms. The van der Waals surface area contributed by atoms with Crippen LogP contribution >= 0.6 is 0 Å². The van der Waals surface area contributed by atoms with Crippen LogP contribution in [0.25, 0.3) is 0 Å². The van der Waals surface area contributed by atoms with E-state index in [1.54, 1.807) is 4.68 Å². The number of aromatic nitrogens is 2. The van der Waals surface area contributed by atoms with Gasteiger partial charge in [-0.2, -0.15) is 5.10 Å². The van der Waals surface area contributed by atoms with Gasteiger partial charge in [0.1, 0.15) is 0 Å². The Morgan fingerprint density at radius 3 is 2.79 bits per heavy atom. The van der Waals surface area contributed by atoms with Gasteiger partial charge >= 0.3 is 0 Å². The Hall–Kier alpha value is -0.950. The van der Waals surface area contributed by atoms with Crippen molar-refractivity contribution in [1.82, 2.24) is 14.7 Å². The van der Waals surface area contributed by atoms with Gasteiger partial charge in [-0.05, 0) is 7.05 Å². The normalized spacial score (nSPS) is 20.7. The fraction of sp³-hybridized carbons (Fsp3) is 0.769. The van der Waals surface area contributed by atoms with Crippen LogP contribution in [0.4, 0.5) is 0 Å². The quantitative estimate of drug-likeness (QED) is 0.779. The summed E-state index contributed by atoms with van der Waals surface area (Å²) in [5, 5.41) is 14.7. The highest BCUT2D eigenvalue weighted by molar-refractivity contribution is 5.11. The standard InChI is InChI=1S/C13H24N4O2/c1-16(10-13(18)3-5-19-6-4-13)12(7-14)11-8-15-17(2)9-11/h8-9,12,18H,3-7,10,14H2,1-2H3. The number of hydrogen-bond donors (Lipinski definition) is 2. The van der Waals surface area contributed by atoms with Gasteiger partial charge in [-0.25, -0.2) is 0 Å². The van der Waals surface area contributed by atoms with Gasteiger partial charge in [0.15, 0.2) is 0 Å². The molecule has 1 saturated heterocycles. The first-order valence-electron chi connectivity index (χ1n) is 6.73. The van der Waals surface area contributed by atoms with Gasteiger partial charge in [0.2, 0.25) is 0 Å². The molecule has 2 rings (SSSR count). The van der Waals surface area contributed by atoms with Crippen LogP contribution in [-0.4, -0.2) is 58.7 Å². The van der Waals surface area contributed by atoms with E-state index in [9.17, 15) is 5.11 Å². The van der Waals surface area contributed by atoms with Gasteiger partial charge in [-0.15, -0.1) is 0 Å². The van der Waals surface area contributed by atoms with E-state index in [1.807, 2.05) is 26.5 Å². The molecule has 0 spiro atoms. The lowest BCUT2D eigenvalue weighted by Gasteiger charge is -2.38. The molecule has 0 aromatic carbocycles. The molecule has 0 radical (unpaired) electrons. The van der Waals surface area contributed by atoms with E-state index in [0.717, 1.165) is 5.56 Å².